The lowest BCUT2D eigenvalue weighted by Crippen LogP contribution is -2.38. The van der Waals surface area contributed by atoms with E-state index in [4.69, 9.17) is 4.74 Å². The first kappa shape index (κ1) is 18.4. The molecule has 0 spiro atoms. The molecule has 0 bridgehead atoms. The molecule has 2 heterocycles. The number of esters is 1. The fourth-order valence-electron chi connectivity index (χ4n) is 3.33. The number of hydrogen-bond acceptors (Lipinski definition) is 4. The Labute approximate surface area is 153 Å². The molecule has 1 aliphatic rings. The fourth-order valence-corrected chi connectivity index (χ4v) is 3.33. The largest absolute Gasteiger partial charge is 0.458 e. The maximum absolute atomic E-state index is 13.0. The predicted octanol–water partition coefficient (Wildman–Crippen LogP) is 3.18. The van der Waals surface area contributed by atoms with E-state index < -0.39 is 11.6 Å². The molecule has 0 aliphatic carbocycles. The van der Waals surface area contributed by atoms with Gasteiger partial charge in [-0.1, -0.05) is 29.8 Å². The summed E-state index contributed by atoms with van der Waals surface area (Å²) in [6.45, 7) is 9.48. The van der Waals surface area contributed by atoms with E-state index in [-0.39, 0.29) is 17.7 Å². The Morgan fingerprint density at radius 2 is 1.92 bits per heavy atom. The van der Waals surface area contributed by atoms with Gasteiger partial charge in [0.15, 0.2) is 0 Å². The molecular weight excluding hydrogens is 330 g/mol. The maximum atomic E-state index is 13.0. The van der Waals surface area contributed by atoms with E-state index in [0.717, 1.165) is 12.0 Å². The number of aryl methyl sites for hydroxylation is 2. The Morgan fingerprint density at radius 3 is 2.54 bits per heavy atom. The van der Waals surface area contributed by atoms with Gasteiger partial charge in [0.1, 0.15) is 17.5 Å². The second kappa shape index (κ2) is 6.74. The molecule has 3 rings (SSSR count). The molecule has 1 aromatic carbocycles. The molecule has 0 radical (unpaired) electrons. The minimum Gasteiger partial charge on any atom is -0.458 e. The third kappa shape index (κ3) is 3.59. The minimum absolute atomic E-state index is 0.194. The van der Waals surface area contributed by atoms with Crippen molar-refractivity contribution in [2.24, 2.45) is 0 Å². The summed E-state index contributed by atoms with van der Waals surface area (Å²) in [4.78, 5) is 25.6. The van der Waals surface area contributed by atoms with Crippen molar-refractivity contribution in [3.8, 4) is 0 Å². The number of nitrogens with zero attached hydrogens (tertiary/aromatic N) is 3. The highest BCUT2D eigenvalue weighted by molar-refractivity contribution is 5.74. The standard InChI is InChI=1S/C20H27N3O3/c1-13-9-11-15(12-10-13)14(2)23-19(25)22-16(7-6-8-17(22)21-23)18(24)26-20(3,4)5/h9-12,14,16H,6-8H2,1-5H3/t14-,16+/m1/s1. The normalized spacial score (nSPS) is 18.3. The Bertz CT molecular complexity index is 856. The lowest BCUT2D eigenvalue weighted by molar-refractivity contribution is -0.159. The van der Waals surface area contributed by atoms with Crippen LogP contribution in [0.3, 0.4) is 0 Å². The van der Waals surface area contributed by atoms with Crippen LogP contribution in [0.4, 0.5) is 0 Å². The predicted molar refractivity (Wildman–Crippen MR) is 99.3 cm³/mol. The molecule has 0 fully saturated rings. The Kier molecular flexibility index (Phi) is 4.78. The van der Waals surface area contributed by atoms with Crippen molar-refractivity contribution in [2.45, 2.75) is 71.6 Å². The third-order valence-electron chi connectivity index (χ3n) is 4.70. The molecule has 0 amide bonds. The van der Waals surface area contributed by atoms with Crippen molar-refractivity contribution < 1.29 is 9.53 Å². The number of carbonyl (C=O) groups is 1. The Hall–Kier alpha value is -2.37. The molecule has 2 atom stereocenters. The Balaban J connectivity index is 1.96. The van der Waals surface area contributed by atoms with Gasteiger partial charge in [-0.15, -0.1) is 0 Å². The summed E-state index contributed by atoms with van der Waals surface area (Å²) in [5.74, 6) is 0.305. The van der Waals surface area contributed by atoms with Crippen molar-refractivity contribution in [2.75, 3.05) is 0 Å². The molecule has 1 aromatic heterocycles. The summed E-state index contributed by atoms with van der Waals surface area (Å²) >= 11 is 0. The Morgan fingerprint density at radius 1 is 1.27 bits per heavy atom. The van der Waals surface area contributed by atoms with E-state index in [9.17, 15) is 9.59 Å². The van der Waals surface area contributed by atoms with Crippen LogP contribution in [0.25, 0.3) is 0 Å². The average molecular weight is 357 g/mol. The molecule has 6 nitrogen and oxygen atoms in total. The van der Waals surface area contributed by atoms with Gasteiger partial charge in [-0.25, -0.2) is 14.3 Å². The number of carbonyl (C=O) groups excluding carboxylic acids is 1. The van der Waals surface area contributed by atoms with Crippen LogP contribution < -0.4 is 5.69 Å². The highest BCUT2D eigenvalue weighted by Crippen LogP contribution is 2.26. The highest BCUT2D eigenvalue weighted by atomic mass is 16.6. The van der Waals surface area contributed by atoms with Crippen molar-refractivity contribution in [3.63, 3.8) is 0 Å². The van der Waals surface area contributed by atoms with Gasteiger partial charge in [0.05, 0.1) is 6.04 Å². The van der Waals surface area contributed by atoms with Gasteiger partial charge >= 0.3 is 11.7 Å². The summed E-state index contributed by atoms with van der Waals surface area (Å²) in [5.41, 5.74) is 1.36. The topological polar surface area (TPSA) is 66.1 Å². The van der Waals surface area contributed by atoms with E-state index in [1.54, 1.807) is 0 Å². The molecule has 6 heteroatoms. The van der Waals surface area contributed by atoms with E-state index in [1.165, 1.54) is 14.8 Å². The van der Waals surface area contributed by atoms with Gasteiger partial charge < -0.3 is 4.74 Å². The van der Waals surface area contributed by atoms with E-state index >= 15 is 0 Å². The van der Waals surface area contributed by atoms with Crippen LogP contribution in [0.5, 0.6) is 0 Å². The summed E-state index contributed by atoms with van der Waals surface area (Å²) in [7, 11) is 0. The highest BCUT2D eigenvalue weighted by Gasteiger charge is 2.34. The van der Waals surface area contributed by atoms with Crippen LogP contribution in [0.1, 0.15) is 69.6 Å². The second-order valence-electron chi connectivity index (χ2n) is 8.04. The third-order valence-corrected chi connectivity index (χ3v) is 4.70. The fraction of sp³-hybridized carbons (Fsp3) is 0.550. The monoisotopic (exact) mass is 357 g/mol. The second-order valence-corrected chi connectivity index (χ2v) is 8.04. The molecule has 0 unspecified atom stereocenters. The molecule has 0 saturated heterocycles. The molecule has 140 valence electrons. The number of rotatable bonds is 3. The van der Waals surface area contributed by atoms with Crippen molar-refractivity contribution in [3.05, 3.63) is 51.7 Å². The minimum atomic E-state index is -0.593. The molecule has 0 saturated carbocycles. The van der Waals surface area contributed by atoms with E-state index in [2.05, 4.69) is 5.10 Å². The van der Waals surface area contributed by atoms with Gasteiger partial charge in [0.25, 0.3) is 0 Å². The summed E-state index contributed by atoms with van der Waals surface area (Å²) < 4.78 is 8.54. The quantitative estimate of drug-likeness (QED) is 0.791. The van der Waals surface area contributed by atoms with E-state index in [1.807, 2.05) is 58.9 Å². The maximum Gasteiger partial charge on any atom is 0.347 e. The van der Waals surface area contributed by atoms with Crippen LogP contribution in [0, 0.1) is 6.92 Å². The summed E-state index contributed by atoms with van der Waals surface area (Å²) in [6.07, 6.45) is 2.12. The molecule has 26 heavy (non-hydrogen) atoms. The number of benzene rings is 1. The number of hydrogen-bond donors (Lipinski definition) is 0. The van der Waals surface area contributed by atoms with Crippen molar-refractivity contribution >= 4 is 5.97 Å². The zero-order valence-corrected chi connectivity index (χ0v) is 16.2. The SMILES string of the molecule is Cc1ccc([C@@H](C)n2nc3n(c2=O)[C@H](C(=O)OC(C)(C)C)CCC3)cc1. The smallest absolute Gasteiger partial charge is 0.347 e. The van der Waals surface area contributed by atoms with Crippen molar-refractivity contribution in [1.29, 1.82) is 0 Å². The van der Waals surface area contributed by atoms with Gasteiger partial charge in [0.2, 0.25) is 0 Å². The first-order valence-corrected chi connectivity index (χ1v) is 9.17. The van der Waals surface area contributed by atoms with Crippen LogP contribution in [0.2, 0.25) is 0 Å². The first-order chi connectivity index (χ1) is 12.2. The van der Waals surface area contributed by atoms with Gasteiger partial charge in [-0.2, -0.15) is 5.10 Å². The van der Waals surface area contributed by atoms with Crippen LogP contribution in [0.15, 0.2) is 29.1 Å². The van der Waals surface area contributed by atoms with Crippen LogP contribution in [-0.4, -0.2) is 25.9 Å². The molecule has 0 N–H and O–H groups in total. The number of fused-ring (bicyclic) bond motifs is 1. The van der Waals surface area contributed by atoms with Gasteiger partial charge in [0, 0.05) is 6.42 Å². The zero-order chi connectivity index (χ0) is 19.1. The average Bonchev–Trinajstić information content (AvgIpc) is 2.90. The van der Waals surface area contributed by atoms with Crippen molar-refractivity contribution in [1.82, 2.24) is 14.3 Å². The number of ether oxygens (including phenoxy) is 1. The van der Waals surface area contributed by atoms with Gasteiger partial charge in [-0.3, -0.25) is 4.57 Å². The summed E-state index contributed by atoms with van der Waals surface area (Å²) in [6, 6.07) is 7.28. The molecular formula is C20H27N3O3. The van der Waals surface area contributed by atoms with Crippen LogP contribution >= 0.6 is 0 Å². The lowest BCUT2D eigenvalue weighted by atomic mass is 10.0. The molecule has 2 aromatic rings. The summed E-state index contributed by atoms with van der Waals surface area (Å²) in [5, 5.41) is 4.54. The first-order valence-electron chi connectivity index (χ1n) is 9.17. The molecule has 1 aliphatic heterocycles. The van der Waals surface area contributed by atoms with Gasteiger partial charge in [-0.05, 0) is 53.0 Å². The number of aromatic nitrogens is 3. The zero-order valence-electron chi connectivity index (χ0n) is 16.2. The lowest BCUT2D eigenvalue weighted by Gasteiger charge is -2.26. The van der Waals surface area contributed by atoms with E-state index in [0.29, 0.717) is 18.7 Å². The van der Waals surface area contributed by atoms with Crippen LogP contribution in [-0.2, 0) is 16.0 Å².